The number of para-hydroxylation sites is 1. The molecule has 0 unspecified atom stereocenters. The monoisotopic (exact) mass is 255 g/mol. The van der Waals surface area contributed by atoms with Crippen LogP contribution in [0.1, 0.15) is 19.4 Å². The molecule has 98 valence electrons. The lowest BCUT2D eigenvalue weighted by Gasteiger charge is -2.18. The van der Waals surface area contributed by atoms with Crippen molar-refractivity contribution in [3.05, 3.63) is 48.0 Å². The van der Waals surface area contributed by atoms with Gasteiger partial charge in [0.25, 0.3) is 0 Å². The minimum atomic E-state index is -0.164. The lowest BCUT2D eigenvalue weighted by atomic mass is 10.0. The minimum absolute atomic E-state index is 0.164. The highest BCUT2D eigenvalue weighted by Crippen LogP contribution is 2.43. The molecule has 0 saturated carbocycles. The summed E-state index contributed by atoms with van der Waals surface area (Å²) in [6.07, 6.45) is 0.904. The van der Waals surface area contributed by atoms with Gasteiger partial charge in [-0.1, -0.05) is 12.1 Å². The van der Waals surface area contributed by atoms with Crippen LogP contribution in [0.2, 0.25) is 0 Å². The Labute approximate surface area is 113 Å². The first-order valence-corrected chi connectivity index (χ1v) is 6.38. The summed E-state index contributed by atoms with van der Waals surface area (Å²) in [7, 11) is 0. The molecule has 0 radical (unpaired) electrons. The van der Waals surface area contributed by atoms with E-state index in [4.69, 9.17) is 15.2 Å². The fourth-order valence-corrected chi connectivity index (χ4v) is 2.33. The van der Waals surface area contributed by atoms with Crippen LogP contribution in [-0.4, -0.2) is 5.60 Å². The van der Waals surface area contributed by atoms with Crippen molar-refractivity contribution in [2.45, 2.75) is 25.9 Å². The first-order chi connectivity index (χ1) is 9.03. The van der Waals surface area contributed by atoms with Crippen molar-refractivity contribution in [3.63, 3.8) is 0 Å². The van der Waals surface area contributed by atoms with Crippen molar-refractivity contribution < 1.29 is 9.47 Å². The molecule has 3 rings (SSSR count). The Morgan fingerprint density at radius 3 is 2.58 bits per heavy atom. The van der Waals surface area contributed by atoms with Gasteiger partial charge >= 0.3 is 0 Å². The van der Waals surface area contributed by atoms with Gasteiger partial charge in [0.2, 0.25) is 0 Å². The molecular formula is C16H17NO2. The smallest absolute Gasteiger partial charge is 0.169 e. The van der Waals surface area contributed by atoms with E-state index in [0.717, 1.165) is 29.4 Å². The van der Waals surface area contributed by atoms with Gasteiger partial charge in [-0.3, -0.25) is 0 Å². The number of nitrogen functional groups attached to an aromatic ring is 1. The molecule has 3 nitrogen and oxygen atoms in total. The fraction of sp³-hybridized carbons (Fsp3) is 0.250. The molecule has 0 aliphatic carbocycles. The fourth-order valence-electron chi connectivity index (χ4n) is 2.33. The average Bonchev–Trinajstić information content (AvgIpc) is 2.67. The molecule has 2 N–H and O–H groups in total. The third-order valence-corrected chi connectivity index (χ3v) is 3.16. The molecular weight excluding hydrogens is 238 g/mol. The maximum absolute atomic E-state index is 5.97. The normalized spacial score (nSPS) is 15.7. The van der Waals surface area contributed by atoms with Gasteiger partial charge < -0.3 is 15.2 Å². The molecule has 0 aromatic heterocycles. The number of rotatable bonds is 2. The molecule has 0 bridgehead atoms. The Kier molecular flexibility index (Phi) is 2.63. The molecule has 2 aromatic carbocycles. The summed E-state index contributed by atoms with van der Waals surface area (Å²) in [6.45, 7) is 4.17. The second-order valence-corrected chi connectivity index (χ2v) is 5.45. The molecule has 0 spiro atoms. The lowest BCUT2D eigenvalue weighted by Crippen LogP contribution is -2.24. The number of anilines is 1. The van der Waals surface area contributed by atoms with E-state index in [1.54, 1.807) is 0 Å². The van der Waals surface area contributed by atoms with Crippen LogP contribution in [0, 0.1) is 0 Å². The van der Waals surface area contributed by atoms with Gasteiger partial charge in [0, 0.05) is 17.7 Å². The van der Waals surface area contributed by atoms with Crippen LogP contribution in [0.3, 0.4) is 0 Å². The van der Waals surface area contributed by atoms with E-state index in [1.807, 2.05) is 36.4 Å². The second kappa shape index (κ2) is 4.19. The van der Waals surface area contributed by atoms with Crippen molar-refractivity contribution in [2.24, 2.45) is 0 Å². The SMILES string of the molecule is CC1(C)Cc2cccc(Oc3ccc(N)cc3)c2O1. The Hall–Kier alpha value is -2.16. The average molecular weight is 255 g/mol. The third kappa shape index (κ3) is 2.36. The van der Waals surface area contributed by atoms with E-state index in [2.05, 4.69) is 19.9 Å². The van der Waals surface area contributed by atoms with Crippen molar-refractivity contribution in [3.8, 4) is 17.2 Å². The quantitative estimate of drug-likeness (QED) is 0.831. The van der Waals surface area contributed by atoms with Crippen molar-refractivity contribution in [2.75, 3.05) is 5.73 Å². The van der Waals surface area contributed by atoms with E-state index in [1.165, 1.54) is 5.56 Å². The molecule has 2 aromatic rings. The topological polar surface area (TPSA) is 44.5 Å². The van der Waals surface area contributed by atoms with Crippen LogP contribution in [0.15, 0.2) is 42.5 Å². The molecule has 0 amide bonds. The molecule has 19 heavy (non-hydrogen) atoms. The molecule has 1 aliphatic heterocycles. The summed E-state index contributed by atoms with van der Waals surface area (Å²) in [5.41, 5.74) is 7.42. The van der Waals surface area contributed by atoms with Gasteiger partial charge in [-0.25, -0.2) is 0 Å². The van der Waals surface area contributed by atoms with Gasteiger partial charge in [-0.2, -0.15) is 0 Å². The highest BCUT2D eigenvalue weighted by atomic mass is 16.5. The van der Waals surface area contributed by atoms with E-state index < -0.39 is 0 Å². The number of hydrogen-bond donors (Lipinski definition) is 1. The summed E-state index contributed by atoms with van der Waals surface area (Å²) in [5.74, 6) is 2.37. The van der Waals surface area contributed by atoms with Crippen LogP contribution in [-0.2, 0) is 6.42 Å². The highest BCUT2D eigenvalue weighted by molar-refractivity contribution is 5.52. The van der Waals surface area contributed by atoms with Crippen LogP contribution in [0.4, 0.5) is 5.69 Å². The van der Waals surface area contributed by atoms with E-state index >= 15 is 0 Å². The Morgan fingerprint density at radius 2 is 1.84 bits per heavy atom. The molecule has 0 fully saturated rings. The zero-order valence-corrected chi connectivity index (χ0v) is 11.1. The Morgan fingerprint density at radius 1 is 1.11 bits per heavy atom. The maximum atomic E-state index is 5.97. The summed E-state index contributed by atoms with van der Waals surface area (Å²) in [6, 6.07) is 13.4. The minimum Gasteiger partial charge on any atom is -0.483 e. The Balaban J connectivity index is 1.91. The van der Waals surface area contributed by atoms with Gasteiger partial charge in [0.1, 0.15) is 11.4 Å². The van der Waals surface area contributed by atoms with E-state index in [0.29, 0.717) is 0 Å². The summed E-state index contributed by atoms with van der Waals surface area (Å²) >= 11 is 0. The van der Waals surface area contributed by atoms with Gasteiger partial charge in [0.05, 0.1) is 0 Å². The maximum Gasteiger partial charge on any atom is 0.169 e. The van der Waals surface area contributed by atoms with Gasteiger partial charge in [0.15, 0.2) is 11.5 Å². The van der Waals surface area contributed by atoms with Crippen LogP contribution in [0.5, 0.6) is 17.2 Å². The molecule has 1 aliphatic rings. The number of hydrogen-bond acceptors (Lipinski definition) is 3. The van der Waals surface area contributed by atoms with E-state index in [-0.39, 0.29) is 5.60 Å². The largest absolute Gasteiger partial charge is 0.483 e. The summed E-state index contributed by atoms with van der Waals surface area (Å²) in [4.78, 5) is 0. The zero-order chi connectivity index (χ0) is 13.5. The zero-order valence-electron chi connectivity index (χ0n) is 11.1. The molecule has 0 atom stereocenters. The lowest BCUT2D eigenvalue weighted by molar-refractivity contribution is 0.135. The molecule has 1 heterocycles. The van der Waals surface area contributed by atoms with Crippen LogP contribution < -0.4 is 15.2 Å². The molecule has 3 heteroatoms. The number of ether oxygens (including phenoxy) is 2. The standard InChI is InChI=1S/C16H17NO2/c1-16(2)10-11-4-3-5-14(15(11)19-16)18-13-8-6-12(17)7-9-13/h3-9H,10,17H2,1-2H3. The predicted octanol–water partition coefficient (Wildman–Crippen LogP) is 3.77. The first-order valence-electron chi connectivity index (χ1n) is 6.38. The highest BCUT2D eigenvalue weighted by Gasteiger charge is 2.32. The van der Waals surface area contributed by atoms with Crippen molar-refractivity contribution in [1.82, 2.24) is 0 Å². The van der Waals surface area contributed by atoms with Crippen molar-refractivity contribution >= 4 is 5.69 Å². The van der Waals surface area contributed by atoms with E-state index in [9.17, 15) is 0 Å². The number of benzene rings is 2. The van der Waals surface area contributed by atoms with Crippen LogP contribution in [0.25, 0.3) is 0 Å². The van der Waals surface area contributed by atoms with Crippen LogP contribution >= 0.6 is 0 Å². The van der Waals surface area contributed by atoms with Gasteiger partial charge in [-0.05, 0) is 44.2 Å². The summed E-state index contributed by atoms with van der Waals surface area (Å²) < 4.78 is 11.9. The van der Waals surface area contributed by atoms with Crippen molar-refractivity contribution in [1.29, 1.82) is 0 Å². The predicted molar refractivity (Wildman–Crippen MR) is 75.8 cm³/mol. The first kappa shape index (κ1) is 11.9. The number of fused-ring (bicyclic) bond motifs is 1. The number of nitrogens with two attached hydrogens (primary N) is 1. The molecule has 0 saturated heterocycles. The van der Waals surface area contributed by atoms with Gasteiger partial charge in [-0.15, -0.1) is 0 Å². The Bertz CT molecular complexity index is 603. The third-order valence-electron chi connectivity index (χ3n) is 3.16. The summed E-state index contributed by atoms with van der Waals surface area (Å²) in [5, 5.41) is 0. The second-order valence-electron chi connectivity index (χ2n) is 5.45.